The molecule has 0 aromatic rings. The molecule has 0 aliphatic carbocycles. The van der Waals surface area contributed by atoms with Crippen molar-refractivity contribution in [2.75, 3.05) is 0 Å². The Bertz CT molecular complexity index is 121. The van der Waals surface area contributed by atoms with Crippen LogP contribution in [0.5, 0.6) is 0 Å². The normalized spacial score (nSPS) is 4.80. The first-order chi connectivity index (χ1) is 5.20. The molecular weight excluding hydrogens is 283 g/mol. The molecular formula is C3H2K2MgO9. The zero-order valence-corrected chi connectivity index (χ0v) is 15.6. The Morgan fingerprint density at radius 1 is 0.733 bits per heavy atom. The topological polar surface area (TPSA) is 184 Å². The van der Waals surface area contributed by atoms with Crippen LogP contribution in [0.15, 0.2) is 0 Å². The minimum absolute atomic E-state index is 0. The van der Waals surface area contributed by atoms with E-state index in [9.17, 15) is 0 Å². The van der Waals surface area contributed by atoms with Crippen LogP contribution in [0, 0.1) is 0 Å². The van der Waals surface area contributed by atoms with Crippen LogP contribution in [0.4, 0.5) is 14.4 Å². The predicted molar refractivity (Wildman–Crippen MR) is 27.2 cm³/mol. The quantitative estimate of drug-likeness (QED) is 0.407. The largest absolute Gasteiger partial charge is 2.00 e. The number of hydrogen-bond donors (Lipinski definition) is 2. The molecule has 0 aromatic heterocycles. The van der Waals surface area contributed by atoms with Crippen LogP contribution >= 0.6 is 0 Å². The van der Waals surface area contributed by atoms with E-state index in [0.717, 1.165) is 0 Å². The molecule has 0 saturated carbocycles. The van der Waals surface area contributed by atoms with Crippen LogP contribution in [-0.4, -0.2) is 51.7 Å². The minimum Gasteiger partial charge on any atom is -0.652 e. The van der Waals surface area contributed by atoms with Crippen LogP contribution in [0.3, 0.4) is 0 Å². The molecule has 0 saturated heterocycles. The van der Waals surface area contributed by atoms with Gasteiger partial charge >= 0.3 is 132 Å². The van der Waals surface area contributed by atoms with E-state index in [2.05, 4.69) is 0 Å². The van der Waals surface area contributed by atoms with E-state index < -0.39 is 18.5 Å². The van der Waals surface area contributed by atoms with Crippen molar-refractivity contribution in [1.29, 1.82) is 0 Å². The Morgan fingerprint density at radius 3 is 0.733 bits per heavy atom. The molecule has 72 valence electrons. The van der Waals surface area contributed by atoms with Gasteiger partial charge in [0, 0.05) is 0 Å². The Hall–Kier alpha value is 1.85. The van der Waals surface area contributed by atoms with Gasteiger partial charge in [-0.3, -0.25) is 0 Å². The summed E-state index contributed by atoms with van der Waals surface area (Å²) in [5.41, 5.74) is 0. The summed E-state index contributed by atoms with van der Waals surface area (Å²) < 4.78 is 0. The molecule has 12 heteroatoms. The van der Waals surface area contributed by atoms with Crippen molar-refractivity contribution in [3.05, 3.63) is 0 Å². The van der Waals surface area contributed by atoms with E-state index in [1.807, 2.05) is 0 Å². The summed E-state index contributed by atoms with van der Waals surface area (Å²) in [4.78, 5) is 25.2. The maximum absolute atomic E-state index is 8.56. The summed E-state index contributed by atoms with van der Waals surface area (Å²) in [6, 6.07) is 0. The van der Waals surface area contributed by atoms with Crippen LogP contribution in [0.2, 0.25) is 0 Å². The summed E-state index contributed by atoms with van der Waals surface area (Å²) >= 11 is 0. The summed E-state index contributed by atoms with van der Waals surface area (Å²) in [6.07, 6.45) is -6.50. The van der Waals surface area contributed by atoms with Gasteiger partial charge in [0.25, 0.3) is 0 Å². The van der Waals surface area contributed by atoms with Gasteiger partial charge in [0.05, 0.1) is 0 Å². The first-order valence-electron chi connectivity index (χ1n) is 1.88. The summed E-state index contributed by atoms with van der Waals surface area (Å²) in [7, 11) is 0. The van der Waals surface area contributed by atoms with Crippen molar-refractivity contribution in [3.63, 3.8) is 0 Å². The summed E-state index contributed by atoms with van der Waals surface area (Å²) in [6.45, 7) is 0. The summed E-state index contributed by atoms with van der Waals surface area (Å²) in [5, 5.41) is 47.3. The van der Waals surface area contributed by atoms with Gasteiger partial charge in [-0.2, -0.15) is 0 Å². The van der Waals surface area contributed by atoms with Gasteiger partial charge in [0.2, 0.25) is 0 Å². The maximum atomic E-state index is 8.56. The monoisotopic (exact) mass is 284 g/mol. The van der Waals surface area contributed by atoms with Crippen LogP contribution in [-0.2, 0) is 0 Å². The molecule has 0 atom stereocenters. The van der Waals surface area contributed by atoms with Gasteiger partial charge in [0.1, 0.15) is 0 Å². The molecule has 0 fully saturated rings. The number of carbonyl (C=O) groups excluding carboxylic acids is 2. The van der Waals surface area contributed by atoms with Gasteiger partial charge in [-0.25, -0.2) is 4.79 Å². The molecule has 0 spiro atoms. The molecule has 0 radical (unpaired) electrons. The Kier molecular flexibility index (Phi) is 71.2. The second-order valence-electron chi connectivity index (χ2n) is 0.783. The standard InChI is InChI=1S/3CH2O3.2K.Mg/c3*2-1(3)4;;;/h3*(H2,2,3,4);;;/q;;;2*+1;+2/p-4. The van der Waals surface area contributed by atoms with Gasteiger partial charge < -0.3 is 40.2 Å². The van der Waals surface area contributed by atoms with Crippen molar-refractivity contribution in [2.24, 2.45) is 0 Å². The van der Waals surface area contributed by atoms with E-state index in [-0.39, 0.29) is 126 Å². The van der Waals surface area contributed by atoms with Gasteiger partial charge in [-0.1, -0.05) is 0 Å². The van der Waals surface area contributed by atoms with Crippen molar-refractivity contribution in [1.82, 2.24) is 0 Å². The van der Waals surface area contributed by atoms with Crippen LogP contribution in [0.25, 0.3) is 0 Å². The second-order valence-corrected chi connectivity index (χ2v) is 0.783. The van der Waals surface area contributed by atoms with E-state index in [1.54, 1.807) is 0 Å². The molecule has 0 aliphatic heterocycles. The van der Waals surface area contributed by atoms with Gasteiger partial charge in [-0.05, 0) is 12.3 Å². The number of carbonyl (C=O) groups is 3. The van der Waals surface area contributed by atoms with Crippen molar-refractivity contribution >= 4 is 41.5 Å². The molecule has 9 nitrogen and oxygen atoms in total. The average molecular weight is 285 g/mol. The number of hydrogen-bond acceptors (Lipinski definition) is 7. The fraction of sp³-hybridized carbons (Fsp3) is 0. The van der Waals surface area contributed by atoms with E-state index >= 15 is 0 Å². The van der Waals surface area contributed by atoms with E-state index in [4.69, 9.17) is 45.0 Å². The second kappa shape index (κ2) is 29.7. The molecule has 0 amide bonds. The van der Waals surface area contributed by atoms with E-state index in [1.165, 1.54) is 0 Å². The van der Waals surface area contributed by atoms with Crippen LogP contribution < -0.4 is 123 Å². The molecule has 0 unspecified atom stereocenters. The van der Waals surface area contributed by atoms with Gasteiger partial charge in [0.15, 0.2) is 0 Å². The maximum Gasteiger partial charge on any atom is 2.00 e. The molecule has 0 aromatic carbocycles. The minimum atomic E-state index is -2.33. The first-order valence-corrected chi connectivity index (χ1v) is 1.88. The molecule has 0 rings (SSSR count). The molecule has 0 aliphatic rings. The SMILES string of the molecule is O=C(O)O.O=C([O-])[O-].O=C([O-])[O-].[K+].[K+].[Mg+2]. The summed E-state index contributed by atoms with van der Waals surface area (Å²) in [5.74, 6) is 0. The number of rotatable bonds is 0. The number of carboxylic acid groups (broad SMARTS) is 6. The van der Waals surface area contributed by atoms with Crippen molar-refractivity contribution in [2.45, 2.75) is 0 Å². The molecule has 0 bridgehead atoms. The van der Waals surface area contributed by atoms with Gasteiger partial charge in [-0.15, -0.1) is 0 Å². The third kappa shape index (κ3) is 889. The smallest absolute Gasteiger partial charge is 0.652 e. The zero-order valence-electron chi connectivity index (χ0n) is 7.96. The zero-order chi connectivity index (χ0) is 10.7. The Balaban J connectivity index is -0.0000000184. The average Bonchev–Trinajstić information content (AvgIpc) is 1.54. The molecule has 0 heterocycles. The van der Waals surface area contributed by atoms with Crippen molar-refractivity contribution < 1.29 is 148 Å². The van der Waals surface area contributed by atoms with E-state index in [0.29, 0.717) is 0 Å². The molecule has 15 heavy (non-hydrogen) atoms. The predicted octanol–water partition coefficient (Wildman–Crippen LogP) is -11.0. The molecule has 2 N–H and O–H groups in total. The third-order valence-corrected chi connectivity index (χ3v) is 0. The third-order valence-electron chi connectivity index (χ3n) is 0. The fourth-order valence-electron chi connectivity index (χ4n) is 0. The first kappa shape index (κ1) is 36.0. The Morgan fingerprint density at radius 2 is 0.733 bits per heavy atom. The van der Waals surface area contributed by atoms with Crippen LogP contribution in [0.1, 0.15) is 0 Å². The Labute approximate surface area is 185 Å². The van der Waals surface area contributed by atoms with Crippen molar-refractivity contribution in [3.8, 4) is 0 Å². The fourth-order valence-corrected chi connectivity index (χ4v) is 0.